The SMILES string of the molecule is Cc1nc(NC(=O)CN(C)Cc2ccc3c(c2)OCO3)sc1C. The zero-order valence-electron chi connectivity index (χ0n) is 13.4. The number of carbonyl (C=O) groups excluding carboxylic acids is 1. The zero-order chi connectivity index (χ0) is 16.4. The van der Waals surface area contributed by atoms with E-state index >= 15 is 0 Å². The summed E-state index contributed by atoms with van der Waals surface area (Å²) in [6.45, 7) is 5.15. The maximum absolute atomic E-state index is 12.1. The molecule has 1 aliphatic heterocycles. The fourth-order valence-corrected chi connectivity index (χ4v) is 3.17. The third-order valence-corrected chi connectivity index (χ3v) is 4.57. The van der Waals surface area contributed by atoms with Crippen LogP contribution >= 0.6 is 11.3 Å². The lowest BCUT2D eigenvalue weighted by Crippen LogP contribution is -2.29. The zero-order valence-corrected chi connectivity index (χ0v) is 14.2. The highest BCUT2D eigenvalue weighted by molar-refractivity contribution is 7.15. The summed E-state index contributed by atoms with van der Waals surface area (Å²) < 4.78 is 10.7. The fourth-order valence-electron chi connectivity index (χ4n) is 2.34. The molecule has 0 saturated carbocycles. The largest absolute Gasteiger partial charge is 0.454 e. The Morgan fingerprint density at radius 2 is 2.13 bits per heavy atom. The van der Waals surface area contributed by atoms with Crippen molar-refractivity contribution in [3.8, 4) is 11.5 Å². The molecule has 1 aliphatic rings. The summed E-state index contributed by atoms with van der Waals surface area (Å²) in [7, 11) is 1.91. The lowest BCUT2D eigenvalue weighted by atomic mass is 10.2. The number of benzene rings is 1. The molecular formula is C16H19N3O3S. The minimum absolute atomic E-state index is 0.0676. The Morgan fingerprint density at radius 3 is 2.87 bits per heavy atom. The molecule has 0 unspecified atom stereocenters. The number of aromatic nitrogens is 1. The second-order valence-electron chi connectivity index (χ2n) is 5.57. The summed E-state index contributed by atoms with van der Waals surface area (Å²) in [5.74, 6) is 1.46. The molecule has 1 amide bonds. The molecule has 0 spiro atoms. The Kier molecular flexibility index (Phi) is 4.49. The second-order valence-corrected chi connectivity index (χ2v) is 6.77. The number of carbonyl (C=O) groups is 1. The van der Waals surface area contributed by atoms with Crippen LogP contribution in [0.5, 0.6) is 11.5 Å². The van der Waals surface area contributed by atoms with Crippen LogP contribution in [0.3, 0.4) is 0 Å². The van der Waals surface area contributed by atoms with Crippen molar-refractivity contribution in [3.63, 3.8) is 0 Å². The summed E-state index contributed by atoms with van der Waals surface area (Å²) in [6.07, 6.45) is 0. The van der Waals surface area contributed by atoms with Crippen LogP contribution in [0.1, 0.15) is 16.1 Å². The molecule has 7 heteroatoms. The standard InChI is InChI=1S/C16H19N3O3S/c1-10-11(2)23-16(17-10)18-15(20)8-19(3)7-12-4-5-13-14(6-12)22-9-21-13/h4-6H,7-9H2,1-3H3,(H,17,18,20). The number of thiazole rings is 1. The average molecular weight is 333 g/mol. The van der Waals surface area contributed by atoms with E-state index < -0.39 is 0 Å². The van der Waals surface area contributed by atoms with Gasteiger partial charge in [-0.3, -0.25) is 9.69 Å². The van der Waals surface area contributed by atoms with E-state index in [0.29, 0.717) is 18.2 Å². The van der Waals surface area contributed by atoms with E-state index in [4.69, 9.17) is 9.47 Å². The number of likely N-dealkylation sites (N-methyl/N-ethyl adjacent to an activating group) is 1. The van der Waals surface area contributed by atoms with E-state index in [1.807, 2.05) is 44.0 Å². The summed E-state index contributed by atoms with van der Waals surface area (Å²) >= 11 is 1.50. The molecule has 122 valence electrons. The van der Waals surface area contributed by atoms with Crippen LogP contribution in [0, 0.1) is 13.8 Å². The Balaban J connectivity index is 1.54. The molecule has 23 heavy (non-hydrogen) atoms. The molecule has 2 heterocycles. The van der Waals surface area contributed by atoms with E-state index in [1.165, 1.54) is 11.3 Å². The number of anilines is 1. The highest BCUT2D eigenvalue weighted by atomic mass is 32.1. The number of fused-ring (bicyclic) bond motifs is 1. The average Bonchev–Trinajstić information content (AvgIpc) is 3.05. The van der Waals surface area contributed by atoms with Gasteiger partial charge in [-0.25, -0.2) is 4.98 Å². The van der Waals surface area contributed by atoms with Gasteiger partial charge >= 0.3 is 0 Å². The number of aryl methyl sites for hydroxylation is 2. The van der Waals surface area contributed by atoms with Gasteiger partial charge in [0.05, 0.1) is 12.2 Å². The van der Waals surface area contributed by atoms with Crippen LogP contribution in [0.4, 0.5) is 5.13 Å². The van der Waals surface area contributed by atoms with Gasteiger partial charge in [-0.2, -0.15) is 0 Å². The molecule has 0 radical (unpaired) electrons. The molecule has 1 N–H and O–H groups in total. The number of amides is 1. The van der Waals surface area contributed by atoms with Gasteiger partial charge in [-0.1, -0.05) is 6.07 Å². The predicted molar refractivity (Wildman–Crippen MR) is 89.1 cm³/mol. The molecule has 0 saturated heterocycles. The minimum Gasteiger partial charge on any atom is -0.454 e. The number of hydrogen-bond acceptors (Lipinski definition) is 6. The van der Waals surface area contributed by atoms with Crippen LogP contribution in [0.15, 0.2) is 18.2 Å². The maximum Gasteiger partial charge on any atom is 0.240 e. The quantitative estimate of drug-likeness (QED) is 0.911. The molecule has 0 atom stereocenters. The third kappa shape index (κ3) is 3.80. The highest BCUT2D eigenvalue weighted by Crippen LogP contribution is 2.32. The lowest BCUT2D eigenvalue weighted by Gasteiger charge is -2.16. The molecule has 2 aromatic rings. The summed E-state index contributed by atoms with van der Waals surface area (Å²) in [4.78, 5) is 19.5. The first-order valence-corrected chi connectivity index (χ1v) is 8.14. The molecule has 1 aromatic heterocycles. The van der Waals surface area contributed by atoms with Gasteiger partial charge < -0.3 is 14.8 Å². The lowest BCUT2D eigenvalue weighted by molar-refractivity contribution is -0.117. The molecule has 0 aliphatic carbocycles. The number of nitrogens with one attached hydrogen (secondary N) is 1. The van der Waals surface area contributed by atoms with Gasteiger partial charge in [0.1, 0.15) is 0 Å². The fraction of sp³-hybridized carbons (Fsp3) is 0.375. The van der Waals surface area contributed by atoms with Gasteiger partial charge in [0.25, 0.3) is 0 Å². The molecule has 0 fully saturated rings. The Morgan fingerprint density at radius 1 is 1.35 bits per heavy atom. The van der Waals surface area contributed by atoms with Crippen molar-refractivity contribution in [2.24, 2.45) is 0 Å². The van der Waals surface area contributed by atoms with Crippen molar-refractivity contribution >= 4 is 22.4 Å². The predicted octanol–water partition coefficient (Wildman–Crippen LogP) is 2.56. The van der Waals surface area contributed by atoms with E-state index in [9.17, 15) is 4.79 Å². The van der Waals surface area contributed by atoms with Crippen LogP contribution in [0.25, 0.3) is 0 Å². The van der Waals surface area contributed by atoms with E-state index in [2.05, 4.69) is 10.3 Å². The number of nitrogens with zero attached hydrogens (tertiary/aromatic N) is 2. The molecular weight excluding hydrogens is 314 g/mol. The monoisotopic (exact) mass is 333 g/mol. The van der Waals surface area contributed by atoms with Crippen molar-refractivity contribution in [3.05, 3.63) is 34.3 Å². The summed E-state index contributed by atoms with van der Waals surface area (Å²) in [5, 5.41) is 3.50. The van der Waals surface area contributed by atoms with Crippen molar-refractivity contribution in [1.29, 1.82) is 0 Å². The van der Waals surface area contributed by atoms with E-state index in [1.54, 1.807) is 0 Å². The number of hydrogen-bond donors (Lipinski definition) is 1. The Hall–Kier alpha value is -2.12. The molecule has 3 rings (SSSR count). The van der Waals surface area contributed by atoms with Crippen LogP contribution < -0.4 is 14.8 Å². The van der Waals surface area contributed by atoms with E-state index in [0.717, 1.165) is 27.6 Å². The van der Waals surface area contributed by atoms with Crippen molar-refractivity contribution in [1.82, 2.24) is 9.88 Å². The van der Waals surface area contributed by atoms with Gasteiger partial charge in [-0.15, -0.1) is 11.3 Å². The number of rotatable bonds is 5. The van der Waals surface area contributed by atoms with Crippen molar-refractivity contribution in [2.45, 2.75) is 20.4 Å². The molecule has 6 nitrogen and oxygen atoms in total. The number of ether oxygens (including phenoxy) is 2. The normalized spacial score (nSPS) is 12.7. The maximum atomic E-state index is 12.1. The van der Waals surface area contributed by atoms with Crippen molar-refractivity contribution in [2.75, 3.05) is 25.7 Å². The first-order chi connectivity index (χ1) is 11.0. The summed E-state index contributed by atoms with van der Waals surface area (Å²) in [5.41, 5.74) is 2.03. The molecule has 0 bridgehead atoms. The highest BCUT2D eigenvalue weighted by Gasteiger charge is 2.15. The van der Waals surface area contributed by atoms with Crippen molar-refractivity contribution < 1.29 is 14.3 Å². The smallest absolute Gasteiger partial charge is 0.240 e. The van der Waals surface area contributed by atoms with E-state index in [-0.39, 0.29) is 12.7 Å². The third-order valence-electron chi connectivity index (χ3n) is 3.58. The second kappa shape index (κ2) is 6.55. The topological polar surface area (TPSA) is 63.7 Å². The van der Waals surface area contributed by atoms with Gasteiger partial charge in [0, 0.05) is 11.4 Å². The summed E-state index contributed by atoms with van der Waals surface area (Å²) in [6, 6.07) is 5.83. The molecule has 1 aromatic carbocycles. The van der Waals surface area contributed by atoms with Crippen LogP contribution in [0.2, 0.25) is 0 Å². The van der Waals surface area contributed by atoms with Gasteiger partial charge in [-0.05, 0) is 38.6 Å². The Bertz CT molecular complexity index is 710. The van der Waals surface area contributed by atoms with Gasteiger partial charge in [0.15, 0.2) is 16.6 Å². The Labute approximate surface area is 139 Å². The first kappa shape index (κ1) is 15.8. The first-order valence-electron chi connectivity index (χ1n) is 7.32. The van der Waals surface area contributed by atoms with Crippen LogP contribution in [-0.2, 0) is 11.3 Å². The van der Waals surface area contributed by atoms with Gasteiger partial charge in [0.2, 0.25) is 12.7 Å². The van der Waals surface area contributed by atoms with Crippen LogP contribution in [-0.4, -0.2) is 36.2 Å². The minimum atomic E-state index is -0.0676.